The number of aromatic nitrogens is 1. The fraction of sp³-hybridized carbons (Fsp3) is 0. The maximum atomic E-state index is 13.4. The number of rotatable bonds is 2. The van der Waals surface area contributed by atoms with E-state index in [1.807, 2.05) is 0 Å². The molecule has 0 atom stereocenters. The van der Waals surface area contributed by atoms with Gasteiger partial charge >= 0.3 is 0 Å². The molecule has 2 rings (SSSR count). The summed E-state index contributed by atoms with van der Waals surface area (Å²) in [5, 5.41) is 0. The van der Waals surface area contributed by atoms with Gasteiger partial charge in [0.05, 0.1) is 16.8 Å². The van der Waals surface area contributed by atoms with Crippen molar-refractivity contribution in [2.45, 2.75) is 0 Å². The van der Waals surface area contributed by atoms with Crippen LogP contribution in [0.4, 0.5) is 8.78 Å². The van der Waals surface area contributed by atoms with Crippen LogP contribution in [0.25, 0.3) is 11.3 Å². The molecule has 1 amide bonds. The van der Waals surface area contributed by atoms with E-state index >= 15 is 0 Å². The summed E-state index contributed by atoms with van der Waals surface area (Å²) in [5.41, 5.74) is 5.12. The van der Waals surface area contributed by atoms with Crippen molar-refractivity contribution >= 4 is 5.91 Å². The highest BCUT2D eigenvalue weighted by Crippen LogP contribution is 2.23. The van der Waals surface area contributed by atoms with Gasteiger partial charge in [0, 0.05) is 6.20 Å². The number of nitrogens with zero attached hydrogens (tertiary/aromatic N) is 1. The van der Waals surface area contributed by atoms with Crippen LogP contribution in [-0.4, -0.2) is 10.9 Å². The lowest BCUT2D eigenvalue weighted by atomic mass is 10.1. The predicted octanol–water partition coefficient (Wildman–Crippen LogP) is 2.13. The fourth-order valence-electron chi connectivity index (χ4n) is 1.43. The molecule has 1 aromatic heterocycles. The van der Waals surface area contributed by atoms with Gasteiger partial charge in [0.15, 0.2) is 0 Å². The molecular formula is C12H8F2N2O. The van der Waals surface area contributed by atoms with Crippen LogP contribution in [0.15, 0.2) is 36.5 Å². The molecule has 86 valence electrons. The Balaban J connectivity index is 2.50. The molecule has 0 fully saturated rings. The highest BCUT2D eigenvalue weighted by atomic mass is 19.1. The number of primary amides is 1. The summed E-state index contributed by atoms with van der Waals surface area (Å²) in [6, 6.07) is 6.27. The summed E-state index contributed by atoms with van der Waals surface area (Å²) in [7, 11) is 0. The lowest BCUT2D eigenvalue weighted by Gasteiger charge is -2.04. The van der Waals surface area contributed by atoms with Crippen molar-refractivity contribution in [3.05, 3.63) is 53.7 Å². The summed E-state index contributed by atoms with van der Waals surface area (Å²) in [6.07, 6.45) is 1.18. The number of amides is 1. The summed E-state index contributed by atoms with van der Waals surface area (Å²) in [6.45, 7) is 0. The van der Waals surface area contributed by atoms with Gasteiger partial charge < -0.3 is 5.73 Å². The number of pyridine rings is 1. The minimum atomic E-state index is -0.704. The van der Waals surface area contributed by atoms with Gasteiger partial charge in [-0.1, -0.05) is 6.07 Å². The Kier molecular flexibility index (Phi) is 2.82. The molecule has 0 aliphatic heterocycles. The molecule has 1 aromatic carbocycles. The van der Waals surface area contributed by atoms with Gasteiger partial charge in [-0.15, -0.1) is 0 Å². The summed E-state index contributed by atoms with van der Waals surface area (Å²) < 4.78 is 26.8. The van der Waals surface area contributed by atoms with Crippen LogP contribution < -0.4 is 5.73 Å². The van der Waals surface area contributed by atoms with Gasteiger partial charge in [-0.2, -0.15) is 0 Å². The zero-order valence-electron chi connectivity index (χ0n) is 8.65. The summed E-state index contributed by atoms with van der Waals surface area (Å²) >= 11 is 0. The van der Waals surface area contributed by atoms with Crippen LogP contribution in [-0.2, 0) is 0 Å². The third-order valence-electron chi connectivity index (χ3n) is 2.27. The maximum absolute atomic E-state index is 13.4. The van der Waals surface area contributed by atoms with Crippen molar-refractivity contribution < 1.29 is 13.6 Å². The second kappa shape index (κ2) is 4.29. The Bertz CT molecular complexity index is 547. The van der Waals surface area contributed by atoms with Gasteiger partial charge in [0.25, 0.3) is 0 Å². The van der Waals surface area contributed by atoms with E-state index < -0.39 is 17.5 Å². The van der Waals surface area contributed by atoms with E-state index in [4.69, 9.17) is 5.73 Å². The molecule has 0 aliphatic rings. The highest BCUT2D eigenvalue weighted by Gasteiger charge is 2.12. The van der Waals surface area contributed by atoms with Crippen molar-refractivity contribution in [2.75, 3.05) is 0 Å². The topological polar surface area (TPSA) is 56.0 Å². The average molecular weight is 234 g/mol. The molecular weight excluding hydrogens is 226 g/mol. The lowest BCUT2D eigenvalue weighted by molar-refractivity contribution is 0.1000. The zero-order chi connectivity index (χ0) is 12.4. The van der Waals surface area contributed by atoms with Crippen molar-refractivity contribution in [3.63, 3.8) is 0 Å². The molecule has 0 bridgehead atoms. The fourth-order valence-corrected chi connectivity index (χ4v) is 1.43. The molecule has 2 aromatic rings. The molecule has 0 saturated heterocycles. The Hall–Kier alpha value is -2.30. The van der Waals surface area contributed by atoms with E-state index in [9.17, 15) is 13.6 Å². The average Bonchev–Trinajstić information content (AvgIpc) is 2.29. The normalized spacial score (nSPS) is 10.2. The minimum absolute atomic E-state index is 0.116. The number of nitrogens with two attached hydrogens (primary N) is 1. The van der Waals surface area contributed by atoms with Gasteiger partial charge in [-0.25, -0.2) is 8.78 Å². The van der Waals surface area contributed by atoms with Crippen LogP contribution in [0.3, 0.4) is 0 Å². The van der Waals surface area contributed by atoms with Crippen LogP contribution in [0.2, 0.25) is 0 Å². The van der Waals surface area contributed by atoms with Crippen molar-refractivity contribution in [1.29, 1.82) is 0 Å². The molecule has 0 saturated carbocycles. The second-order valence-electron chi connectivity index (χ2n) is 3.39. The first-order valence-corrected chi connectivity index (χ1v) is 4.80. The minimum Gasteiger partial charge on any atom is -0.366 e. The first kappa shape index (κ1) is 11.2. The van der Waals surface area contributed by atoms with Crippen LogP contribution in [0.1, 0.15) is 10.4 Å². The molecule has 5 heteroatoms. The number of carbonyl (C=O) groups excluding carboxylic acids is 1. The third kappa shape index (κ3) is 2.13. The predicted molar refractivity (Wildman–Crippen MR) is 58.1 cm³/mol. The first-order chi connectivity index (χ1) is 8.09. The van der Waals surface area contributed by atoms with Crippen LogP contribution >= 0.6 is 0 Å². The largest absolute Gasteiger partial charge is 0.366 e. The smallest absolute Gasteiger partial charge is 0.250 e. The summed E-state index contributed by atoms with van der Waals surface area (Å²) in [5.74, 6) is -2.05. The van der Waals surface area contributed by atoms with E-state index in [2.05, 4.69) is 4.98 Å². The van der Waals surface area contributed by atoms with Crippen LogP contribution in [0, 0.1) is 11.6 Å². The number of benzene rings is 1. The SMILES string of the molecule is NC(=O)c1ccc(-c2c(F)cccc2F)nc1. The van der Waals surface area contributed by atoms with E-state index in [0.29, 0.717) is 0 Å². The van der Waals surface area contributed by atoms with Crippen molar-refractivity contribution in [3.8, 4) is 11.3 Å². The van der Waals surface area contributed by atoms with Gasteiger partial charge in [-0.05, 0) is 24.3 Å². The van der Waals surface area contributed by atoms with E-state index in [0.717, 1.165) is 12.1 Å². The van der Waals surface area contributed by atoms with Gasteiger partial charge in [-0.3, -0.25) is 9.78 Å². The molecule has 17 heavy (non-hydrogen) atoms. The molecule has 3 nitrogen and oxygen atoms in total. The van der Waals surface area contributed by atoms with Crippen molar-refractivity contribution in [1.82, 2.24) is 4.98 Å². The molecule has 0 unspecified atom stereocenters. The standard InChI is InChI=1S/C12H8F2N2O/c13-8-2-1-3-9(14)11(8)10-5-4-7(6-16-10)12(15)17/h1-6H,(H2,15,17). The zero-order valence-corrected chi connectivity index (χ0v) is 8.65. The lowest BCUT2D eigenvalue weighted by Crippen LogP contribution is -2.11. The Morgan fingerprint density at radius 2 is 1.76 bits per heavy atom. The molecule has 0 spiro atoms. The van der Waals surface area contributed by atoms with Gasteiger partial charge in [0.2, 0.25) is 5.91 Å². The molecule has 0 aliphatic carbocycles. The molecule has 1 heterocycles. The van der Waals surface area contributed by atoms with E-state index in [1.54, 1.807) is 0 Å². The summed E-state index contributed by atoms with van der Waals surface area (Å²) in [4.78, 5) is 14.6. The first-order valence-electron chi connectivity index (χ1n) is 4.80. The Morgan fingerprint density at radius 1 is 1.12 bits per heavy atom. The number of carbonyl (C=O) groups is 1. The molecule has 2 N–H and O–H groups in total. The maximum Gasteiger partial charge on any atom is 0.250 e. The second-order valence-corrected chi connectivity index (χ2v) is 3.39. The number of halogens is 2. The number of hydrogen-bond donors (Lipinski definition) is 1. The number of hydrogen-bond acceptors (Lipinski definition) is 2. The Morgan fingerprint density at radius 3 is 2.24 bits per heavy atom. The Labute approximate surface area is 95.9 Å². The van der Waals surface area contributed by atoms with E-state index in [-0.39, 0.29) is 16.8 Å². The molecule has 0 radical (unpaired) electrons. The van der Waals surface area contributed by atoms with Gasteiger partial charge in [0.1, 0.15) is 11.6 Å². The van der Waals surface area contributed by atoms with Crippen LogP contribution in [0.5, 0.6) is 0 Å². The third-order valence-corrected chi connectivity index (χ3v) is 2.27. The van der Waals surface area contributed by atoms with E-state index in [1.165, 1.54) is 24.4 Å². The van der Waals surface area contributed by atoms with Crippen molar-refractivity contribution in [2.24, 2.45) is 5.73 Å². The monoisotopic (exact) mass is 234 g/mol. The highest BCUT2D eigenvalue weighted by molar-refractivity contribution is 5.92. The quantitative estimate of drug-likeness (QED) is 0.865.